The Labute approximate surface area is 284 Å². The number of ether oxygens (including phenoxy) is 3. The molecule has 2 aromatic heterocycles. The lowest BCUT2D eigenvalue weighted by atomic mass is 9.97. The molecule has 1 unspecified atom stereocenters. The van der Waals surface area contributed by atoms with E-state index in [1.165, 1.54) is 28.5 Å². The highest BCUT2D eigenvalue weighted by molar-refractivity contribution is 7.99. The average Bonchev–Trinajstić information content (AvgIpc) is 3.90. The highest BCUT2D eigenvalue weighted by Gasteiger charge is 2.36. The number of rotatable bonds is 12. The van der Waals surface area contributed by atoms with Gasteiger partial charge in [-0.3, -0.25) is 14.2 Å². The van der Waals surface area contributed by atoms with Crippen LogP contribution in [0.25, 0.3) is 5.69 Å². The largest absolute Gasteiger partial charge is 0.497 e. The van der Waals surface area contributed by atoms with Gasteiger partial charge in [0, 0.05) is 17.7 Å². The molecule has 0 aliphatic carbocycles. The van der Waals surface area contributed by atoms with Gasteiger partial charge in [-0.25, -0.2) is 9.40 Å². The van der Waals surface area contributed by atoms with Gasteiger partial charge in [-0.1, -0.05) is 30.0 Å². The van der Waals surface area contributed by atoms with Gasteiger partial charge < -0.3 is 19.5 Å². The molecule has 6 rings (SSSR count). The smallest absolute Gasteiger partial charge is 0.261 e. The fraction of sp³-hybridized carbons (Fsp3) is 0.206. The number of thiophene rings is 1. The predicted molar refractivity (Wildman–Crippen MR) is 181 cm³/mol. The molecule has 11 nitrogen and oxygen atoms in total. The Balaban J connectivity index is 1.28. The topological polar surface area (TPSA) is 120 Å². The zero-order valence-corrected chi connectivity index (χ0v) is 27.9. The van der Waals surface area contributed by atoms with Crippen LogP contribution in [0.4, 0.5) is 4.39 Å². The monoisotopic (exact) mass is 686 g/mol. The average molecular weight is 687 g/mol. The number of halogens is 1. The number of hydrazone groups is 1. The lowest BCUT2D eigenvalue weighted by Gasteiger charge is -2.24. The van der Waals surface area contributed by atoms with E-state index >= 15 is 0 Å². The third-order valence-electron chi connectivity index (χ3n) is 7.64. The van der Waals surface area contributed by atoms with E-state index < -0.39 is 11.9 Å². The molecule has 246 valence electrons. The molecule has 1 aliphatic rings. The zero-order valence-electron chi connectivity index (χ0n) is 26.3. The molecule has 3 heterocycles. The van der Waals surface area contributed by atoms with Gasteiger partial charge >= 0.3 is 0 Å². The van der Waals surface area contributed by atoms with Gasteiger partial charge in [-0.15, -0.1) is 21.5 Å². The van der Waals surface area contributed by atoms with E-state index in [2.05, 4.69) is 15.5 Å². The Hall–Kier alpha value is -5.21. The number of methoxy groups -OCH3 is 3. The summed E-state index contributed by atoms with van der Waals surface area (Å²) in [4.78, 5) is 27.2. The number of carbonyl (C=O) groups excluding carboxylic acids is 2. The lowest BCUT2D eigenvalue weighted by Crippen LogP contribution is -2.29. The molecule has 0 bridgehead atoms. The minimum absolute atomic E-state index is 0.0386. The van der Waals surface area contributed by atoms with Crippen molar-refractivity contribution in [2.24, 2.45) is 5.10 Å². The van der Waals surface area contributed by atoms with E-state index in [1.54, 1.807) is 56.2 Å². The Kier molecular flexibility index (Phi) is 10.0. The van der Waals surface area contributed by atoms with E-state index in [4.69, 9.17) is 19.3 Å². The van der Waals surface area contributed by atoms with Crippen molar-refractivity contribution in [2.75, 3.05) is 27.1 Å². The summed E-state index contributed by atoms with van der Waals surface area (Å²) in [6.07, 6.45) is 0.437. The maximum absolute atomic E-state index is 14.0. The summed E-state index contributed by atoms with van der Waals surface area (Å²) in [5, 5.41) is 20.0. The minimum atomic E-state index is -0.474. The van der Waals surface area contributed by atoms with Crippen molar-refractivity contribution in [2.45, 2.75) is 24.2 Å². The summed E-state index contributed by atoms with van der Waals surface area (Å²) in [5.74, 6) is 1.23. The van der Waals surface area contributed by atoms with Crippen LogP contribution in [-0.2, 0) is 11.3 Å². The maximum atomic E-state index is 14.0. The molecule has 5 aromatic rings. The number of hydrogen-bond acceptors (Lipinski definition) is 10. The van der Waals surface area contributed by atoms with Crippen molar-refractivity contribution >= 4 is 40.6 Å². The van der Waals surface area contributed by atoms with Crippen molar-refractivity contribution in [1.29, 1.82) is 0 Å². The first-order chi connectivity index (χ1) is 23.4. The summed E-state index contributed by atoms with van der Waals surface area (Å²) in [5.41, 5.74) is 2.91. The van der Waals surface area contributed by atoms with Gasteiger partial charge in [-0.05, 0) is 71.6 Å². The molecule has 0 saturated heterocycles. The molecule has 0 saturated carbocycles. The molecule has 48 heavy (non-hydrogen) atoms. The number of thioether (sulfide) groups is 1. The number of nitrogens with one attached hydrogen (secondary N) is 1. The van der Waals surface area contributed by atoms with Crippen molar-refractivity contribution in [1.82, 2.24) is 25.1 Å². The Morgan fingerprint density at radius 2 is 1.75 bits per heavy atom. The molecule has 0 fully saturated rings. The summed E-state index contributed by atoms with van der Waals surface area (Å²) in [6.45, 7) is 0.0644. The molecule has 1 N–H and O–H groups in total. The van der Waals surface area contributed by atoms with Crippen LogP contribution in [0.2, 0.25) is 0 Å². The molecule has 1 aliphatic heterocycles. The van der Waals surface area contributed by atoms with Crippen LogP contribution >= 0.6 is 23.1 Å². The van der Waals surface area contributed by atoms with Gasteiger partial charge in [0.1, 0.15) is 11.6 Å². The quantitative estimate of drug-likeness (QED) is 0.161. The van der Waals surface area contributed by atoms with Gasteiger partial charge in [0.2, 0.25) is 0 Å². The summed E-state index contributed by atoms with van der Waals surface area (Å²) >= 11 is 2.49. The second-order valence-electron chi connectivity index (χ2n) is 10.5. The van der Waals surface area contributed by atoms with Crippen LogP contribution < -0.4 is 19.5 Å². The Morgan fingerprint density at radius 3 is 2.44 bits per heavy atom. The van der Waals surface area contributed by atoms with Crippen LogP contribution in [0.15, 0.2) is 94.5 Å². The normalized spacial score (nSPS) is 14.0. The zero-order chi connectivity index (χ0) is 33.6. The molecular formula is C34H31FN6O5S2. The highest BCUT2D eigenvalue weighted by Crippen LogP contribution is 2.42. The molecule has 3 aromatic carbocycles. The second kappa shape index (κ2) is 14.7. The standard InChI is InChI=1S/C34H31FN6O5S2/c1-44-24-15-9-21(10-16-24)26-18-27(25-6-4-7-28(45-2)32(25)46-3)41(39-26)31(42)20-48-34-38-37-30(19-36-33(43)29-8-5-17-47-29)40(34)23-13-11-22(35)12-14-23/h4-17,27H,18-20H2,1-3H3,(H,36,43). The fourth-order valence-corrected chi connectivity index (χ4v) is 6.78. The van der Waals surface area contributed by atoms with E-state index in [1.807, 2.05) is 41.8 Å². The first kappa shape index (κ1) is 32.7. The third kappa shape index (κ3) is 6.89. The number of nitrogens with zero attached hydrogens (tertiary/aromatic N) is 5. The van der Waals surface area contributed by atoms with Crippen molar-refractivity contribution in [3.63, 3.8) is 0 Å². The van der Waals surface area contributed by atoms with E-state index in [0.29, 0.717) is 45.2 Å². The number of para-hydroxylation sites is 1. The third-order valence-corrected chi connectivity index (χ3v) is 9.43. The first-order valence-corrected chi connectivity index (χ1v) is 16.7. The Bertz CT molecular complexity index is 1930. The van der Waals surface area contributed by atoms with E-state index in [9.17, 15) is 14.0 Å². The molecular weight excluding hydrogens is 656 g/mol. The maximum Gasteiger partial charge on any atom is 0.261 e. The number of aromatic nitrogens is 3. The van der Waals surface area contributed by atoms with Gasteiger partial charge in [0.25, 0.3) is 11.8 Å². The van der Waals surface area contributed by atoms with Crippen LogP contribution in [-0.4, -0.2) is 64.4 Å². The highest BCUT2D eigenvalue weighted by atomic mass is 32.2. The number of hydrogen-bond donors (Lipinski definition) is 1. The fourth-order valence-electron chi connectivity index (χ4n) is 5.32. The molecule has 1 atom stereocenters. The molecule has 14 heteroatoms. The van der Waals surface area contributed by atoms with Crippen LogP contribution in [0.3, 0.4) is 0 Å². The summed E-state index contributed by atoms with van der Waals surface area (Å²) in [7, 11) is 4.73. The molecule has 2 amide bonds. The number of carbonyl (C=O) groups is 2. The minimum Gasteiger partial charge on any atom is -0.497 e. The van der Waals surface area contributed by atoms with Crippen LogP contribution in [0, 0.1) is 5.82 Å². The molecule has 0 spiro atoms. The van der Waals surface area contributed by atoms with Crippen LogP contribution in [0.1, 0.15) is 39.1 Å². The number of amides is 2. The second-order valence-corrected chi connectivity index (χ2v) is 12.4. The van der Waals surface area contributed by atoms with Gasteiger partial charge in [0.15, 0.2) is 22.5 Å². The summed E-state index contributed by atoms with van der Waals surface area (Å²) in [6, 6.07) is 21.9. The van der Waals surface area contributed by atoms with Crippen molar-refractivity contribution in [3.05, 3.63) is 112 Å². The Morgan fingerprint density at radius 1 is 0.958 bits per heavy atom. The first-order valence-electron chi connectivity index (χ1n) is 14.8. The SMILES string of the molecule is COc1ccc(C2=NN(C(=O)CSc3nnc(CNC(=O)c4cccs4)n3-c3ccc(F)cc3)C(c3cccc(OC)c3OC)C2)cc1. The van der Waals surface area contributed by atoms with Gasteiger partial charge in [-0.2, -0.15) is 5.10 Å². The number of benzene rings is 3. The van der Waals surface area contributed by atoms with Gasteiger partial charge in [0.05, 0.1) is 50.3 Å². The van der Waals surface area contributed by atoms with Crippen molar-refractivity contribution < 1.29 is 28.2 Å². The lowest BCUT2D eigenvalue weighted by molar-refractivity contribution is -0.130. The van der Waals surface area contributed by atoms with Crippen molar-refractivity contribution in [3.8, 4) is 22.9 Å². The van der Waals surface area contributed by atoms with Crippen LogP contribution in [0.5, 0.6) is 17.2 Å². The summed E-state index contributed by atoms with van der Waals surface area (Å²) < 4.78 is 32.1. The van der Waals surface area contributed by atoms with E-state index in [0.717, 1.165) is 28.6 Å². The van der Waals surface area contributed by atoms with E-state index in [-0.39, 0.29) is 24.1 Å². The predicted octanol–water partition coefficient (Wildman–Crippen LogP) is 5.89. The molecule has 0 radical (unpaired) electrons.